The molecule has 78 valence electrons. The van der Waals surface area contributed by atoms with Crippen LogP contribution in [0.3, 0.4) is 0 Å². The average Bonchev–Trinajstić information content (AvgIpc) is 2.03. The SMILES string of the molecule is CCOC(=O)CNCCCN(C)C. The number of carbonyl (C=O) groups excluding carboxylic acids is 1. The second kappa shape index (κ2) is 8.01. The minimum atomic E-state index is -0.174. The van der Waals surface area contributed by atoms with Crippen molar-refractivity contribution in [2.45, 2.75) is 13.3 Å². The molecule has 0 heterocycles. The summed E-state index contributed by atoms with van der Waals surface area (Å²) in [6.07, 6.45) is 1.05. The number of rotatable bonds is 7. The first-order valence-electron chi connectivity index (χ1n) is 4.68. The predicted molar refractivity (Wildman–Crippen MR) is 52.7 cm³/mol. The Kier molecular flexibility index (Phi) is 7.63. The van der Waals surface area contributed by atoms with Gasteiger partial charge >= 0.3 is 5.97 Å². The van der Waals surface area contributed by atoms with E-state index in [9.17, 15) is 4.79 Å². The molecule has 4 nitrogen and oxygen atoms in total. The van der Waals surface area contributed by atoms with Gasteiger partial charge in [-0.3, -0.25) is 4.79 Å². The highest BCUT2D eigenvalue weighted by Crippen LogP contribution is 1.81. The molecule has 4 heteroatoms. The smallest absolute Gasteiger partial charge is 0.319 e. The molecule has 0 unspecified atom stereocenters. The summed E-state index contributed by atoms with van der Waals surface area (Å²) < 4.78 is 4.76. The first-order chi connectivity index (χ1) is 6.16. The van der Waals surface area contributed by atoms with E-state index in [0.717, 1.165) is 19.5 Å². The topological polar surface area (TPSA) is 41.6 Å². The Morgan fingerprint density at radius 1 is 1.46 bits per heavy atom. The number of hydrogen-bond donors (Lipinski definition) is 1. The van der Waals surface area contributed by atoms with Gasteiger partial charge in [-0.25, -0.2) is 0 Å². The van der Waals surface area contributed by atoms with Crippen LogP contribution in [0.15, 0.2) is 0 Å². The fourth-order valence-electron chi connectivity index (χ4n) is 0.923. The molecule has 0 rings (SSSR count). The van der Waals surface area contributed by atoms with Gasteiger partial charge in [0.05, 0.1) is 13.2 Å². The lowest BCUT2D eigenvalue weighted by molar-refractivity contribution is -0.141. The number of nitrogens with zero attached hydrogens (tertiary/aromatic N) is 1. The van der Waals surface area contributed by atoms with Gasteiger partial charge in [0.1, 0.15) is 0 Å². The Morgan fingerprint density at radius 3 is 2.69 bits per heavy atom. The maximum Gasteiger partial charge on any atom is 0.319 e. The van der Waals surface area contributed by atoms with Crippen LogP contribution in [0.5, 0.6) is 0 Å². The summed E-state index contributed by atoms with van der Waals surface area (Å²) in [7, 11) is 4.07. The van der Waals surface area contributed by atoms with Crippen LogP contribution < -0.4 is 5.32 Å². The zero-order chi connectivity index (χ0) is 10.1. The second-order valence-electron chi connectivity index (χ2n) is 3.14. The molecule has 0 aromatic heterocycles. The molecular formula is C9H20N2O2. The number of esters is 1. The summed E-state index contributed by atoms with van der Waals surface area (Å²) in [5, 5.41) is 3.02. The maximum absolute atomic E-state index is 10.8. The highest BCUT2D eigenvalue weighted by molar-refractivity contribution is 5.71. The first-order valence-corrected chi connectivity index (χ1v) is 4.68. The summed E-state index contributed by atoms with van der Waals surface area (Å²) >= 11 is 0. The molecule has 0 saturated carbocycles. The number of carbonyl (C=O) groups is 1. The van der Waals surface area contributed by atoms with E-state index in [2.05, 4.69) is 10.2 Å². The number of hydrogen-bond acceptors (Lipinski definition) is 4. The van der Waals surface area contributed by atoms with E-state index in [0.29, 0.717) is 13.2 Å². The molecule has 0 radical (unpaired) electrons. The number of nitrogens with one attached hydrogen (secondary N) is 1. The minimum absolute atomic E-state index is 0.174. The van der Waals surface area contributed by atoms with Gasteiger partial charge in [0.25, 0.3) is 0 Å². The van der Waals surface area contributed by atoms with Crippen LogP contribution in [0.25, 0.3) is 0 Å². The quantitative estimate of drug-likeness (QED) is 0.454. The molecule has 13 heavy (non-hydrogen) atoms. The van der Waals surface area contributed by atoms with Crippen LogP contribution in [0.2, 0.25) is 0 Å². The van der Waals surface area contributed by atoms with Crippen molar-refractivity contribution in [3.8, 4) is 0 Å². The normalized spacial score (nSPS) is 10.5. The Balaban J connectivity index is 3.11. The molecule has 0 atom stereocenters. The lowest BCUT2D eigenvalue weighted by atomic mass is 10.4. The number of ether oxygens (including phenoxy) is 1. The van der Waals surface area contributed by atoms with Crippen LogP contribution in [0.4, 0.5) is 0 Å². The highest BCUT2D eigenvalue weighted by Gasteiger charge is 1.99. The monoisotopic (exact) mass is 188 g/mol. The summed E-state index contributed by atoms with van der Waals surface area (Å²) in [6.45, 7) is 4.48. The lowest BCUT2D eigenvalue weighted by Gasteiger charge is -2.09. The van der Waals surface area contributed by atoms with Gasteiger partial charge in [0.15, 0.2) is 0 Å². The van der Waals surface area contributed by atoms with E-state index >= 15 is 0 Å². The fraction of sp³-hybridized carbons (Fsp3) is 0.889. The van der Waals surface area contributed by atoms with Crippen LogP contribution in [0, 0.1) is 0 Å². The van der Waals surface area contributed by atoms with Gasteiger partial charge in [-0.2, -0.15) is 0 Å². The molecule has 0 aliphatic rings. The Morgan fingerprint density at radius 2 is 2.15 bits per heavy atom. The first kappa shape index (κ1) is 12.4. The van der Waals surface area contributed by atoms with E-state index in [1.807, 2.05) is 21.0 Å². The van der Waals surface area contributed by atoms with Crippen molar-refractivity contribution in [3.05, 3.63) is 0 Å². The van der Waals surface area contributed by atoms with Crippen LogP contribution >= 0.6 is 0 Å². The van der Waals surface area contributed by atoms with E-state index < -0.39 is 0 Å². The van der Waals surface area contributed by atoms with E-state index in [1.54, 1.807) is 0 Å². The summed E-state index contributed by atoms with van der Waals surface area (Å²) in [6, 6.07) is 0. The van der Waals surface area contributed by atoms with Crippen molar-refractivity contribution < 1.29 is 9.53 Å². The average molecular weight is 188 g/mol. The zero-order valence-corrected chi connectivity index (χ0v) is 8.80. The van der Waals surface area contributed by atoms with Crippen molar-refractivity contribution >= 4 is 5.97 Å². The van der Waals surface area contributed by atoms with Crippen LogP contribution in [-0.4, -0.2) is 51.2 Å². The molecule has 0 aromatic rings. The van der Waals surface area contributed by atoms with E-state index in [4.69, 9.17) is 4.74 Å². The molecule has 0 aromatic carbocycles. The molecular weight excluding hydrogens is 168 g/mol. The van der Waals surface area contributed by atoms with Crippen molar-refractivity contribution in [1.29, 1.82) is 0 Å². The summed E-state index contributed by atoms with van der Waals surface area (Å²) in [5.41, 5.74) is 0. The Labute approximate surface area is 80.2 Å². The summed E-state index contributed by atoms with van der Waals surface area (Å²) in [5.74, 6) is -0.174. The van der Waals surface area contributed by atoms with E-state index in [-0.39, 0.29) is 5.97 Å². The standard InChI is InChI=1S/C9H20N2O2/c1-4-13-9(12)8-10-6-5-7-11(2)3/h10H,4-8H2,1-3H3. The summed E-state index contributed by atoms with van der Waals surface area (Å²) in [4.78, 5) is 13.0. The second-order valence-corrected chi connectivity index (χ2v) is 3.14. The van der Waals surface area contributed by atoms with Gasteiger partial charge in [-0.15, -0.1) is 0 Å². The van der Waals surface area contributed by atoms with E-state index in [1.165, 1.54) is 0 Å². The third kappa shape index (κ3) is 9.30. The largest absolute Gasteiger partial charge is 0.465 e. The molecule has 0 aliphatic heterocycles. The van der Waals surface area contributed by atoms with Crippen molar-refractivity contribution in [1.82, 2.24) is 10.2 Å². The molecule has 0 bridgehead atoms. The molecule has 0 fully saturated rings. The third-order valence-electron chi connectivity index (χ3n) is 1.53. The third-order valence-corrected chi connectivity index (χ3v) is 1.53. The van der Waals surface area contributed by atoms with Crippen LogP contribution in [0.1, 0.15) is 13.3 Å². The van der Waals surface area contributed by atoms with Crippen molar-refractivity contribution in [2.24, 2.45) is 0 Å². The fourth-order valence-corrected chi connectivity index (χ4v) is 0.923. The Hall–Kier alpha value is -0.610. The molecule has 0 spiro atoms. The highest BCUT2D eigenvalue weighted by atomic mass is 16.5. The molecule has 0 aliphatic carbocycles. The molecule has 0 amide bonds. The van der Waals surface area contributed by atoms with Gasteiger partial charge in [-0.1, -0.05) is 0 Å². The van der Waals surface area contributed by atoms with Gasteiger partial charge in [0.2, 0.25) is 0 Å². The van der Waals surface area contributed by atoms with Crippen molar-refractivity contribution in [2.75, 3.05) is 40.3 Å². The van der Waals surface area contributed by atoms with Crippen LogP contribution in [-0.2, 0) is 9.53 Å². The van der Waals surface area contributed by atoms with Gasteiger partial charge in [0, 0.05) is 0 Å². The maximum atomic E-state index is 10.8. The minimum Gasteiger partial charge on any atom is -0.465 e. The Bertz CT molecular complexity index is 138. The lowest BCUT2D eigenvalue weighted by Crippen LogP contribution is -2.27. The predicted octanol–water partition coefficient (Wildman–Crippen LogP) is 0.0908. The van der Waals surface area contributed by atoms with Gasteiger partial charge < -0.3 is 15.0 Å². The zero-order valence-electron chi connectivity index (χ0n) is 8.80. The van der Waals surface area contributed by atoms with Crippen molar-refractivity contribution in [3.63, 3.8) is 0 Å². The molecule has 1 N–H and O–H groups in total. The van der Waals surface area contributed by atoms with Gasteiger partial charge in [-0.05, 0) is 40.5 Å². The molecule has 0 saturated heterocycles.